The van der Waals surface area contributed by atoms with E-state index in [-0.39, 0.29) is 23.3 Å². The molecule has 1 aliphatic rings. The minimum absolute atomic E-state index is 0.110. The quantitative estimate of drug-likeness (QED) is 0.150. The van der Waals surface area contributed by atoms with Gasteiger partial charge in [0, 0.05) is 17.7 Å². The first-order valence-electron chi connectivity index (χ1n) is 14.0. The maximum Gasteiger partial charge on any atom is 0.424 e. The molecule has 0 spiro atoms. The second-order valence-corrected chi connectivity index (χ2v) is 10.7. The number of alkyl halides is 7. The molecule has 3 aromatic carbocycles. The van der Waals surface area contributed by atoms with Gasteiger partial charge in [-0.05, 0) is 55.0 Å². The third kappa shape index (κ3) is 8.08. The van der Waals surface area contributed by atoms with E-state index in [1.54, 1.807) is 6.07 Å². The Hall–Kier alpha value is -3.46. The molecule has 2 unspecified atom stereocenters. The van der Waals surface area contributed by atoms with Crippen molar-refractivity contribution in [2.75, 3.05) is 6.61 Å². The van der Waals surface area contributed by atoms with Gasteiger partial charge in [-0.1, -0.05) is 31.9 Å². The molecular formula is C31H26F12O3. The summed E-state index contributed by atoms with van der Waals surface area (Å²) in [6.07, 6.45) is -16.5. The summed E-state index contributed by atoms with van der Waals surface area (Å²) in [6, 6.07) is 4.81. The smallest absolute Gasteiger partial charge is 0.424 e. The van der Waals surface area contributed by atoms with E-state index in [1.165, 1.54) is 12.1 Å². The maximum atomic E-state index is 14.9. The van der Waals surface area contributed by atoms with Crippen LogP contribution in [0.4, 0.5) is 52.7 Å². The third-order valence-corrected chi connectivity index (χ3v) is 7.22. The summed E-state index contributed by atoms with van der Waals surface area (Å²) < 4.78 is 183. The number of halogens is 12. The van der Waals surface area contributed by atoms with Crippen LogP contribution in [0.5, 0.6) is 5.75 Å². The van der Waals surface area contributed by atoms with Gasteiger partial charge in [0.1, 0.15) is 46.0 Å². The summed E-state index contributed by atoms with van der Waals surface area (Å²) in [7, 11) is 0. The fourth-order valence-electron chi connectivity index (χ4n) is 4.99. The standard InChI is InChI=1S/C31H26F12O3/c1-2-3-4-5-16-6-8-20(21(32)10-16)17-11-22(33)28(23(34)12-17)31(42,43)45-18-7-9-26(44-15-18)30(40,41)46-19-13-24(35)27(25(36)14-19)29(37,38)39/h6,8,10-14,18,26H,2-5,7,9,15H2,1H3. The van der Waals surface area contributed by atoms with Crippen molar-refractivity contribution in [2.24, 2.45) is 0 Å². The molecule has 0 amide bonds. The summed E-state index contributed by atoms with van der Waals surface area (Å²) in [5.41, 5.74) is -4.07. The molecule has 2 atom stereocenters. The molecule has 1 heterocycles. The summed E-state index contributed by atoms with van der Waals surface area (Å²) in [4.78, 5) is 0. The van der Waals surface area contributed by atoms with Crippen LogP contribution < -0.4 is 4.74 Å². The van der Waals surface area contributed by atoms with Gasteiger partial charge in [0.25, 0.3) is 0 Å². The Bertz CT molecular complexity index is 1490. The SMILES string of the molecule is CCCCCc1ccc(-c2cc(F)c(C(F)(F)OC3CCC(C(F)(F)Oc4cc(F)c(C(F)(F)F)c(F)c4)OC3)c(F)c2)c(F)c1. The molecule has 0 N–H and O–H groups in total. The van der Waals surface area contributed by atoms with Crippen molar-refractivity contribution in [1.82, 2.24) is 0 Å². The highest BCUT2D eigenvalue weighted by molar-refractivity contribution is 5.65. The lowest BCUT2D eigenvalue weighted by molar-refractivity contribution is -0.312. The molecule has 46 heavy (non-hydrogen) atoms. The normalized spacial score (nSPS) is 17.8. The van der Waals surface area contributed by atoms with E-state index in [2.05, 4.69) is 9.47 Å². The van der Waals surface area contributed by atoms with Crippen LogP contribution in [0.25, 0.3) is 11.1 Å². The van der Waals surface area contributed by atoms with Crippen molar-refractivity contribution in [2.45, 2.75) is 76.1 Å². The Labute approximate surface area is 255 Å². The predicted octanol–water partition coefficient (Wildman–Crippen LogP) is 10.1. The van der Waals surface area contributed by atoms with Crippen molar-refractivity contribution in [1.29, 1.82) is 0 Å². The Morgan fingerprint density at radius 3 is 1.87 bits per heavy atom. The lowest BCUT2D eigenvalue weighted by atomic mass is 9.98. The lowest BCUT2D eigenvalue weighted by Gasteiger charge is -2.34. The van der Waals surface area contributed by atoms with Gasteiger partial charge in [-0.15, -0.1) is 0 Å². The fraction of sp³-hybridized carbons (Fsp3) is 0.419. The summed E-state index contributed by atoms with van der Waals surface area (Å²) in [6.45, 7) is 1.01. The van der Waals surface area contributed by atoms with E-state index in [9.17, 15) is 52.7 Å². The summed E-state index contributed by atoms with van der Waals surface area (Å²) >= 11 is 0. The Morgan fingerprint density at radius 2 is 1.35 bits per heavy atom. The molecule has 0 radical (unpaired) electrons. The average molecular weight is 675 g/mol. The molecule has 0 aromatic heterocycles. The van der Waals surface area contributed by atoms with Crippen molar-refractivity contribution in [3.8, 4) is 16.9 Å². The molecule has 1 fully saturated rings. The van der Waals surface area contributed by atoms with Crippen LogP contribution in [0.3, 0.4) is 0 Å². The van der Waals surface area contributed by atoms with Crippen LogP contribution in [0.1, 0.15) is 55.7 Å². The second kappa shape index (κ2) is 13.7. The van der Waals surface area contributed by atoms with Crippen molar-refractivity contribution in [3.63, 3.8) is 0 Å². The van der Waals surface area contributed by atoms with Gasteiger partial charge in [-0.2, -0.15) is 30.7 Å². The van der Waals surface area contributed by atoms with Gasteiger partial charge in [0.05, 0.1) is 12.7 Å². The number of hydrogen-bond donors (Lipinski definition) is 0. The van der Waals surface area contributed by atoms with E-state index in [4.69, 9.17) is 4.74 Å². The predicted molar refractivity (Wildman–Crippen MR) is 140 cm³/mol. The number of aryl methyl sites for hydroxylation is 1. The molecule has 1 saturated heterocycles. The minimum atomic E-state index is -5.45. The molecule has 0 aliphatic carbocycles. The fourth-order valence-corrected chi connectivity index (χ4v) is 4.99. The molecule has 252 valence electrons. The topological polar surface area (TPSA) is 27.7 Å². The van der Waals surface area contributed by atoms with Gasteiger partial charge in [-0.3, -0.25) is 0 Å². The molecular weight excluding hydrogens is 648 g/mol. The Balaban J connectivity index is 1.41. The third-order valence-electron chi connectivity index (χ3n) is 7.22. The Kier molecular flexibility index (Phi) is 10.6. The molecule has 3 nitrogen and oxygen atoms in total. The number of hydrogen-bond acceptors (Lipinski definition) is 3. The zero-order valence-corrected chi connectivity index (χ0v) is 23.9. The summed E-state index contributed by atoms with van der Waals surface area (Å²) in [5, 5.41) is 0. The highest BCUT2D eigenvalue weighted by atomic mass is 19.4. The minimum Gasteiger partial charge on any atom is -0.430 e. The van der Waals surface area contributed by atoms with Crippen molar-refractivity contribution < 1.29 is 66.9 Å². The van der Waals surface area contributed by atoms with E-state index >= 15 is 0 Å². The van der Waals surface area contributed by atoms with Crippen LogP contribution in [-0.2, 0) is 28.2 Å². The van der Waals surface area contributed by atoms with E-state index in [0.717, 1.165) is 19.3 Å². The second-order valence-electron chi connectivity index (χ2n) is 10.7. The van der Waals surface area contributed by atoms with Crippen LogP contribution in [-0.4, -0.2) is 24.9 Å². The highest BCUT2D eigenvalue weighted by Gasteiger charge is 2.49. The van der Waals surface area contributed by atoms with E-state index in [1.807, 2.05) is 6.92 Å². The molecule has 0 bridgehead atoms. The average Bonchev–Trinajstić information content (AvgIpc) is 2.91. The first-order valence-corrected chi connectivity index (χ1v) is 14.0. The first kappa shape index (κ1) is 35.4. The van der Waals surface area contributed by atoms with Crippen molar-refractivity contribution in [3.05, 3.63) is 88.2 Å². The van der Waals surface area contributed by atoms with Gasteiger partial charge < -0.3 is 14.2 Å². The van der Waals surface area contributed by atoms with Crippen LogP contribution in [0.2, 0.25) is 0 Å². The number of rotatable bonds is 11. The zero-order valence-electron chi connectivity index (χ0n) is 23.9. The Morgan fingerprint density at radius 1 is 0.739 bits per heavy atom. The van der Waals surface area contributed by atoms with E-state index < -0.39 is 96.0 Å². The largest absolute Gasteiger partial charge is 0.430 e. The zero-order chi connectivity index (χ0) is 34.0. The van der Waals surface area contributed by atoms with Gasteiger partial charge in [0.2, 0.25) is 0 Å². The number of benzene rings is 3. The van der Waals surface area contributed by atoms with Gasteiger partial charge in [-0.25, -0.2) is 22.0 Å². The van der Waals surface area contributed by atoms with Gasteiger partial charge in [0.15, 0.2) is 6.10 Å². The molecule has 15 heteroatoms. The summed E-state index contributed by atoms with van der Waals surface area (Å²) in [5.74, 6) is -10.1. The van der Waals surface area contributed by atoms with Crippen LogP contribution >= 0.6 is 0 Å². The van der Waals surface area contributed by atoms with Crippen molar-refractivity contribution >= 4 is 0 Å². The number of unbranched alkanes of at least 4 members (excludes halogenated alkanes) is 2. The van der Waals surface area contributed by atoms with Crippen LogP contribution in [0.15, 0.2) is 42.5 Å². The maximum absolute atomic E-state index is 14.9. The van der Waals surface area contributed by atoms with Gasteiger partial charge >= 0.3 is 18.4 Å². The van der Waals surface area contributed by atoms with Crippen LogP contribution in [0, 0.1) is 29.1 Å². The lowest BCUT2D eigenvalue weighted by Crippen LogP contribution is -2.47. The molecule has 3 aromatic rings. The monoisotopic (exact) mass is 674 g/mol. The first-order chi connectivity index (χ1) is 21.4. The molecule has 1 aliphatic heterocycles. The number of ether oxygens (including phenoxy) is 3. The molecule has 4 rings (SSSR count). The molecule has 0 saturated carbocycles. The van der Waals surface area contributed by atoms with E-state index in [0.29, 0.717) is 24.1 Å². The highest BCUT2D eigenvalue weighted by Crippen LogP contribution is 2.41.